The lowest BCUT2D eigenvalue weighted by atomic mass is 10.0. The molecule has 1 heterocycles. The molecular weight excluding hydrogens is 412 g/mol. The molecule has 1 fully saturated rings. The molecule has 0 unspecified atom stereocenters. The highest BCUT2D eigenvalue weighted by molar-refractivity contribution is 9.10. The summed E-state index contributed by atoms with van der Waals surface area (Å²) in [6.45, 7) is 4.23. The largest absolute Gasteiger partial charge is 0.298 e. The summed E-state index contributed by atoms with van der Waals surface area (Å²) < 4.78 is 0.890. The molecule has 2 aromatic carbocycles. The van der Waals surface area contributed by atoms with E-state index in [1.54, 1.807) is 18.2 Å². The van der Waals surface area contributed by atoms with Gasteiger partial charge < -0.3 is 0 Å². The van der Waals surface area contributed by atoms with E-state index in [-0.39, 0.29) is 10.7 Å². The van der Waals surface area contributed by atoms with E-state index < -0.39 is 11.8 Å². The molecule has 0 radical (unpaired) electrons. The zero-order valence-corrected chi connectivity index (χ0v) is 16.7. The van der Waals surface area contributed by atoms with Gasteiger partial charge in [0.1, 0.15) is 5.57 Å². The van der Waals surface area contributed by atoms with Gasteiger partial charge in [-0.3, -0.25) is 19.8 Å². The predicted octanol–water partition coefficient (Wildman–Crippen LogP) is 4.40. The Balaban J connectivity index is 1.95. The molecule has 1 saturated heterocycles. The van der Waals surface area contributed by atoms with Gasteiger partial charge in [0.15, 0.2) is 5.11 Å². The lowest BCUT2D eigenvalue weighted by molar-refractivity contribution is -0.122. The number of benzene rings is 2. The van der Waals surface area contributed by atoms with Crippen molar-refractivity contribution in [2.45, 2.75) is 19.8 Å². The molecule has 3 rings (SSSR count). The average Bonchev–Trinajstić information content (AvgIpc) is 2.60. The third-order valence-electron chi connectivity index (χ3n) is 4.10. The molecule has 1 N–H and O–H groups in total. The van der Waals surface area contributed by atoms with E-state index in [0.717, 1.165) is 10.0 Å². The zero-order chi connectivity index (χ0) is 18.8. The number of rotatable bonds is 3. The Hall–Kier alpha value is -2.31. The number of nitrogens with zero attached hydrogens (tertiary/aromatic N) is 1. The summed E-state index contributed by atoms with van der Waals surface area (Å²) in [5, 5.41) is 2.67. The lowest BCUT2D eigenvalue weighted by Crippen LogP contribution is -2.54. The number of nitrogens with one attached hydrogen (secondary N) is 1. The number of hydrogen-bond donors (Lipinski definition) is 1. The average molecular weight is 429 g/mol. The molecule has 1 aliphatic heterocycles. The number of carbonyl (C=O) groups is 2. The minimum Gasteiger partial charge on any atom is -0.298 e. The van der Waals surface area contributed by atoms with E-state index in [1.165, 1.54) is 10.5 Å². The van der Waals surface area contributed by atoms with Gasteiger partial charge in [-0.25, -0.2) is 0 Å². The van der Waals surface area contributed by atoms with Crippen molar-refractivity contribution in [1.29, 1.82) is 0 Å². The number of thiocarbonyl (C=S) groups is 1. The maximum atomic E-state index is 12.9. The van der Waals surface area contributed by atoms with Crippen molar-refractivity contribution in [2.75, 3.05) is 4.90 Å². The second-order valence-electron chi connectivity index (χ2n) is 6.26. The van der Waals surface area contributed by atoms with Gasteiger partial charge in [-0.1, -0.05) is 54.0 Å². The monoisotopic (exact) mass is 428 g/mol. The van der Waals surface area contributed by atoms with Crippen molar-refractivity contribution in [3.05, 3.63) is 69.7 Å². The van der Waals surface area contributed by atoms with E-state index in [0.29, 0.717) is 11.6 Å². The molecule has 4 nitrogen and oxygen atoms in total. The van der Waals surface area contributed by atoms with Gasteiger partial charge in [0.05, 0.1) is 5.69 Å². The van der Waals surface area contributed by atoms with Gasteiger partial charge in [-0.2, -0.15) is 0 Å². The smallest absolute Gasteiger partial charge is 0.270 e. The summed E-state index contributed by atoms with van der Waals surface area (Å²) in [6, 6.07) is 15.0. The van der Waals surface area contributed by atoms with Crippen LogP contribution in [-0.4, -0.2) is 16.9 Å². The quantitative estimate of drug-likeness (QED) is 0.447. The van der Waals surface area contributed by atoms with E-state index in [4.69, 9.17) is 12.2 Å². The van der Waals surface area contributed by atoms with Crippen molar-refractivity contribution in [2.24, 2.45) is 0 Å². The molecule has 0 bridgehead atoms. The van der Waals surface area contributed by atoms with Crippen molar-refractivity contribution < 1.29 is 9.59 Å². The van der Waals surface area contributed by atoms with Gasteiger partial charge in [0, 0.05) is 4.47 Å². The third-order valence-corrected chi connectivity index (χ3v) is 4.91. The van der Waals surface area contributed by atoms with Crippen molar-refractivity contribution >= 4 is 56.8 Å². The van der Waals surface area contributed by atoms with Gasteiger partial charge in [0.2, 0.25) is 0 Å². The Morgan fingerprint density at radius 2 is 1.65 bits per heavy atom. The van der Waals surface area contributed by atoms with Crippen molar-refractivity contribution in [3.8, 4) is 0 Å². The molecule has 0 aromatic heterocycles. The highest BCUT2D eigenvalue weighted by atomic mass is 79.9. The van der Waals surface area contributed by atoms with Crippen LogP contribution in [-0.2, 0) is 9.59 Å². The molecule has 2 amide bonds. The second-order valence-corrected chi connectivity index (χ2v) is 7.56. The fraction of sp³-hybridized carbons (Fsp3) is 0.150. The molecular formula is C20H17BrN2O2S. The minimum atomic E-state index is -0.485. The predicted molar refractivity (Wildman–Crippen MR) is 111 cm³/mol. The number of halogens is 1. The van der Waals surface area contributed by atoms with Crippen LogP contribution in [0.1, 0.15) is 30.9 Å². The van der Waals surface area contributed by atoms with Crippen molar-refractivity contribution in [3.63, 3.8) is 0 Å². The molecule has 26 heavy (non-hydrogen) atoms. The molecule has 0 atom stereocenters. The van der Waals surface area contributed by atoms with Crippen LogP contribution in [0.2, 0.25) is 0 Å². The van der Waals surface area contributed by atoms with Crippen LogP contribution in [0.25, 0.3) is 6.08 Å². The van der Waals surface area contributed by atoms with Crippen molar-refractivity contribution in [1.82, 2.24) is 5.32 Å². The molecule has 0 saturated carbocycles. The van der Waals surface area contributed by atoms with Crippen LogP contribution < -0.4 is 10.2 Å². The number of amides is 2. The highest BCUT2D eigenvalue weighted by Gasteiger charge is 2.34. The fourth-order valence-electron chi connectivity index (χ4n) is 2.63. The second kappa shape index (κ2) is 7.51. The SMILES string of the molecule is CC(C)c1ccc(/C=C2\C(=O)NC(=S)N(c3ccc(Br)cc3)C2=O)cc1. The zero-order valence-electron chi connectivity index (χ0n) is 14.3. The topological polar surface area (TPSA) is 49.4 Å². The summed E-state index contributed by atoms with van der Waals surface area (Å²) in [5.74, 6) is -0.503. The number of hydrogen-bond acceptors (Lipinski definition) is 3. The summed E-state index contributed by atoms with van der Waals surface area (Å²) in [5.41, 5.74) is 2.64. The van der Waals surface area contributed by atoms with Gasteiger partial charge in [-0.15, -0.1) is 0 Å². The Labute approximate surface area is 166 Å². The Kier molecular flexibility index (Phi) is 5.34. The molecule has 1 aliphatic rings. The van der Waals surface area contributed by atoms with Crippen LogP contribution >= 0.6 is 28.1 Å². The summed E-state index contributed by atoms with van der Waals surface area (Å²) in [6.07, 6.45) is 1.59. The lowest BCUT2D eigenvalue weighted by Gasteiger charge is -2.29. The van der Waals surface area contributed by atoms with Gasteiger partial charge in [-0.05, 0) is 59.6 Å². The first-order chi connectivity index (χ1) is 12.4. The first-order valence-electron chi connectivity index (χ1n) is 8.14. The van der Waals surface area contributed by atoms with E-state index in [1.807, 2.05) is 36.4 Å². The van der Waals surface area contributed by atoms with Crippen LogP contribution in [0.4, 0.5) is 5.69 Å². The first-order valence-corrected chi connectivity index (χ1v) is 9.34. The van der Waals surface area contributed by atoms with Crippen LogP contribution in [0.15, 0.2) is 58.6 Å². The Bertz CT molecular complexity index is 902. The van der Waals surface area contributed by atoms with Gasteiger partial charge in [0.25, 0.3) is 11.8 Å². The first kappa shape index (κ1) is 18.5. The third kappa shape index (κ3) is 3.76. The molecule has 0 aliphatic carbocycles. The number of carbonyl (C=O) groups excluding carboxylic acids is 2. The van der Waals surface area contributed by atoms with Crippen LogP contribution in [0, 0.1) is 0 Å². The molecule has 6 heteroatoms. The molecule has 0 spiro atoms. The van der Waals surface area contributed by atoms with E-state index in [2.05, 4.69) is 35.1 Å². The number of anilines is 1. The van der Waals surface area contributed by atoms with E-state index in [9.17, 15) is 9.59 Å². The fourth-order valence-corrected chi connectivity index (χ4v) is 3.17. The molecule has 132 valence electrons. The van der Waals surface area contributed by atoms with E-state index >= 15 is 0 Å². The summed E-state index contributed by atoms with van der Waals surface area (Å²) in [7, 11) is 0. The minimum absolute atomic E-state index is 0.0545. The summed E-state index contributed by atoms with van der Waals surface area (Å²) in [4.78, 5) is 26.5. The maximum absolute atomic E-state index is 12.9. The van der Waals surface area contributed by atoms with Gasteiger partial charge >= 0.3 is 0 Å². The van der Waals surface area contributed by atoms with Crippen LogP contribution in [0.5, 0.6) is 0 Å². The standard InChI is InChI=1S/C20H17BrN2O2S/c1-12(2)14-5-3-13(4-6-14)11-17-18(24)22-20(26)23(19(17)25)16-9-7-15(21)8-10-16/h3-12H,1-2H3,(H,22,24,26)/b17-11+. The normalized spacial score (nSPS) is 16.4. The molecule has 2 aromatic rings. The van der Waals surface area contributed by atoms with Crippen LogP contribution in [0.3, 0.4) is 0 Å². The highest BCUT2D eigenvalue weighted by Crippen LogP contribution is 2.24. The Morgan fingerprint density at radius 3 is 2.23 bits per heavy atom. The maximum Gasteiger partial charge on any atom is 0.270 e. The summed E-state index contributed by atoms with van der Waals surface area (Å²) >= 11 is 8.56. The Morgan fingerprint density at radius 1 is 1.04 bits per heavy atom.